The quantitative estimate of drug-likeness (QED) is 0.637. The maximum absolute atomic E-state index is 11.9. The third-order valence-electron chi connectivity index (χ3n) is 3.20. The zero-order valence-corrected chi connectivity index (χ0v) is 13.0. The molecule has 1 aromatic heterocycles. The number of rotatable bonds is 9. The summed E-state index contributed by atoms with van der Waals surface area (Å²) in [6, 6.07) is -0.454. The molecule has 0 saturated carbocycles. The number of carbonyl (C=O) groups is 2. The van der Waals surface area contributed by atoms with Crippen molar-refractivity contribution in [2.75, 3.05) is 6.54 Å². The van der Waals surface area contributed by atoms with E-state index in [1.54, 1.807) is 6.20 Å². The Hall–Kier alpha value is -1.76. The maximum atomic E-state index is 11.9. The standard InChI is InChI=1S/C14H25N5O2/c1-10(2)14(11(3)20)16-13(21)9-19-8-12(17-18-19)6-4-5-7-15/h8,10,14H,4-7,9,15H2,1-3H3,(H,16,21). The van der Waals surface area contributed by atoms with Crippen LogP contribution in [0.15, 0.2) is 6.20 Å². The van der Waals surface area contributed by atoms with E-state index in [-0.39, 0.29) is 24.2 Å². The number of nitrogens with zero attached hydrogens (tertiary/aromatic N) is 3. The minimum absolute atomic E-state index is 0.0422. The molecule has 1 aromatic rings. The predicted octanol–water partition coefficient (Wildman–Crippen LogP) is 0.289. The average Bonchev–Trinajstić information content (AvgIpc) is 2.83. The highest BCUT2D eigenvalue weighted by molar-refractivity contribution is 5.87. The van der Waals surface area contributed by atoms with Gasteiger partial charge in [-0.3, -0.25) is 9.59 Å². The Labute approximate surface area is 125 Å². The van der Waals surface area contributed by atoms with Crippen LogP contribution < -0.4 is 11.1 Å². The second kappa shape index (κ2) is 8.51. The minimum Gasteiger partial charge on any atom is -0.344 e. The van der Waals surface area contributed by atoms with Crippen LogP contribution in [0.3, 0.4) is 0 Å². The van der Waals surface area contributed by atoms with Gasteiger partial charge in [-0.15, -0.1) is 5.10 Å². The molecule has 0 saturated heterocycles. The molecule has 7 heteroatoms. The highest BCUT2D eigenvalue weighted by atomic mass is 16.2. The summed E-state index contributed by atoms with van der Waals surface area (Å²) >= 11 is 0. The first-order chi connectivity index (χ1) is 9.93. The fraction of sp³-hybridized carbons (Fsp3) is 0.714. The summed E-state index contributed by atoms with van der Waals surface area (Å²) in [5, 5.41) is 10.7. The summed E-state index contributed by atoms with van der Waals surface area (Å²) in [6.07, 6.45) is 4.47. The molecule has 0 aliphatic heterocycles. The largest absolute Gasteiger partial charge is 0.344 e. The fourth-order valence-corrected chi connectivity index (χ4v) is 2.08. The number of ketones is 1. The second-order valence-electron chi connectivity index (χ2n) is 5.55. The normalized spacial score (nSPS) is 12.4. The molecular weight excluding hydrogens is 270 g/mol. The van der Waals surface area contributed by atoms with E-state index in [0.717, 1.165) is 25.0 Å². The van der Waals surface area contributed by atoms with E-state index in [1.807, 2.05) is 13.8 Å². The molecule has 21 heavy (non-hydrogen) atoms. The van der Waals surface area contributed by atoms with Gasteiger partial charge < -0.3 is 11.1 Å². The van der Waals surface area contributed by atoms with Crippen LogP contribution in [0.2, 0.25) is 0 Å². The molecule has 1 amide bonds. The van der Waals surface area contributed by atoms with Crippen molar-refractivity contribution >= 4 is 11.7 Å². The number of hydrogen-bond donors (Lipinski definition) is 2. The molecule has 1 heterocycles. The van der Waals surface area contributed by atoms with Crippen molar-refractivity contribution in [2.24, 2.45) is 11.7 Å². The number of Topliss-reactive ketones (excluding diaryl/α,β-unsaturated/α-hetero) is 1. The number of nitrogens with two attached hydrogens (primary N) is 1. The maximum Gasteiger partial charge on any atom is 0.242 e. The lowest BCUT2D eigenvalue weighted by Crippen LogP contribution is -2.44. The predicted molar refractivity (Wildman–Crippen MR) is 79.5 cm³/mol. The Kier molecular flexibility index (Phi) is 7.01. The van der Waals surface area contributed by atoms with Crippen LogP contribution >= 0.6 is 0 Å². The fourth-order valence-electron chi connectivity index (χ4n) is 2.08. The molecule has 1 unspecified atom stereocenters. The van der Waals surface area contributed by atoms with Crippen LogP contribution in [0.25, 0.3) is 0 Å². The van der Waals surface area contributed by atoms with Gasteiger partial charge in [0.2, 0.25) is 5.91 Å². The van der Waals surface area contributed by atoms with Gasteiger partial charge in [0.25, 0.3) is 0 Å². The van der Waals surface area contributed by atoms with Crippen molar-refractivity contribution in [3.63, 3.8) is 0 Å². The van der Waals surface area contributed by atoms with Gasteiger partial charge in [0.1, 0.15) is 6.54 Å². The van der Waals surface area contributed by atoms with E-state index >= 15 is 0 Å². The molecule has 118 valence electrons. The summed E-state index contributed by atoms with van der Waals surface area (Å²) in [4.78, 5) is 23.4. The number of nitrogens with one attached hydrogen (secondary N) is 1. The SMILES string of the molecule is CC(=O)C(NC(=O)Cn1cc(CCCCN)nn1)C(C)C. The molecular formula is C14H25N5O2. The summed E-state index contributed by atoms with van der Waals surface area (Å²) in [5.41, 5.74) is 6.29. The van der Waals surface area contributed by atoms with Crippen LogP contribution in [0.1, 0.15) is 39.3 Å². The molecule has 0 spiro atoms. The highest BCUT2D eigenvalue weighted by Crippen LogP contribution is 2.03. The molecule has 0 aliphatic carbocycles. The first-order valence-corrected chi connectivity index (χ1v) is 7.33. The lowest BCUT2D eigenvalue weighted by molar-refractivity contribution is -0.128. The summed E-state index contributed by atoms with van der Waals surface area (Å²) < 4.78 is 1.49. The van der Waals surface area contributed by atoms with Crippen molar-refractivity contribution in [3.8, 4) is 0 Å². The van der Waals surface area contributed by atoms with Crippen LogP contribution in [0, 0.1) is 5.92 Å². The minimum atomic E-state index is -0.454. The van der Waals surface area contributed by atoms with Gasteiger partial charge in [0, 0.05) is 6.20 Å². The molecule has 1 rings (SSSR count). The van der Waals surface area contributed by atoms with Crippen LogP contribution in [0.5, 0.6) is 0 Å². The van der Waals surface area contributed by atoms with Crippen molar-refractivity contribution in [3.05, 3.63) is 11.9 Å². The van der Waals surface area contributed by atoms with E-state index in [4.69, 9.17) is 5.73 Å². The number of hydrogen-bond acceptors (Lipinski definition) is 5. The number of aromatic nitrogens is 3. The topological polar surface area (TPSA) is 103 Å². The summed E-state index contributed by atoms with van der Waals surface area (Å²) in [6.45, 7) is 6.02. The Balaban J connectivity index is 2.49. The van der Waals surface area contributed by atoms with Crippen molar-refractivity contribution in [1.29, 1.82) is 0 Å². The molecule has 0 aromatic carbocycles. The van der Waals surface area contributed by atoms with Gasteiger partial charge in [-0.1, -0.05) is 19.1 Å². The number of carbonyl (C=O) groups excluding carboxylic acids is 2. The molecule has 1 atom stereocenters. The summed E-state index contributed by atoms with van der Waals surface area (Å²) in [5.74, 6) is -0.212. The van der Waals surface area contributed by atoms with Gasteiger partial charge in [-0.25, -0.2) is 4.68 Å². The third-order valence-corrected chi connectivity index (χ3v) is 3.20. The molecule has 0 fully saturated rings. The Morgan fingerprint density at radius 3 is 2.67 bits per heavy atom. The molecule has 0 radical (unpaired) electrons. The van der Waals surface area contributed by atoms with Gasteiger partial charge in [-0.05, 0) is 38.6 Å². The number of aryl methyl sites for hydroxylation is 1. The molecule has 3 N–H and O–H groups in total. The highest BCUT2D eigenvalue weighted by Gasteiger charge is 2.20. The van der Waals surface area contributed by atoms with Gasteiger partial charge in [0.15, 0.2) is 5.78 Å². The Morgan fingerprint density at radius 1 is 1.38 bits per heavy atom. The molecule has 0 aliphatic rings. The zero-order chi connectivity index (χ0) is 15.8. The van der Waals surface area contributed by atoms with Crippen LogP contribution in [-0.2, 0) is 22.6 Å². The smallest absolute Gasteiger partial charge is 0.242 e. The van der Waals surface area contributed by atoms with E-state index in [1.165, 1.54) is 11.6 Å². The number of amides is 1. The van der Waals surface area contributed by atoms with Gasteiger partial charge in [-0.2, -0.15) is 0 Å². The first-order valence-electron chi connectivity index (χ1n) is 7.33. The molecule has 7 nitrogen and oxygen atoms in total. The van der Waals surface area contributed by atoms with Crippen molar-refractivity contribution in [2.45, 2.75) is 52.6 Å². The van der Waals surface area contributed by atoms with Crippen molar-refractivity contribution in [1.82, 2.24) is 20.3 Å². The summed E-state index contributed by atoms with van der Waals surface area (Å²) in [7, 11) is 0. The van der Waals surface area contributed by atoms with E-state index in [9.17, 15) is 9.59 Å². The van der Waals surface area contributed by atoms with Gasteiger partial charge in [0.05, 0.1) is 11.7 Å². The van der Waals surface area contributed by atoms with E-state index < -0.39 is 6.04 Å². The monoisotopic (exact) mass is 295 g/mol. The molecule has 0 bridgehead atoms. The second-order valence-corrected chi connectivity index (χ2v) is 5.55. The van der Waals surface area contributed by atoms with E-state index in [2.05, 4.69) is 15.6 Å². The Morgan fingerprint density at radius 2 is 2.10 bits per heavy atom. The third kappa shape index (κ3) is 6.03. The number of unbranched alkanes of at least 4 members (excludes halogenated alkanes) is 1. The van der Waals surface area contributed by atoms with Gasteiger partial charge >= 0.3 is 0 Å². The van der Waals surface area contributed by atoms with Crippen LogP contribution in [-0.4, -0.2) is 39.3 Å². The lowest BCUT2D eigenvalue weighted by atomic mass is 10.0. The Bertz CT molecular complexity index is 470. The first kappa shape index (κ1) is 17.3. The zero-order valence-electron chi connectivity index (χ0n) is 13.0. The average molecular weight is 295 g/mol. The van der Waals surface area contributed by atoms with E-state index in [0.29, 0.717) is 6.54 Å². The van der Waals surface area contributed by atoms with Crippen LogP contribution in [0.4, 0.5) is 0 Å². The lowest BCUT2D eigenvalue weighted by Gasteiger charge is -2.19. The van der Waals surface area contributed by atoms with Crippen molar-refractivity contribution < 1.29 is 9.59 Å².